The Labute approximate surface area is 148 Å². The lowest BCUT2D eigenvalue weighted by atomic mass is 9.97. The number of alkyl halides is 3. The summed E-state index contributed by atoms with van der Waals surface area (Å²) in [6.45, 7) is 0. The normalized spacial score (nSPS) is 11.3. The highest BCUT2D eigenvalue weighted by Gasteiger charge is 2.31. The van der Waals surface area contributed by atoms with Gasteiger partial charge in [0.25, 0.3) is 0 Å². The van der Waals surface area contributed by atoms with Crippen LogP contribution >= 0.6 is 0 Å². The summed E-state index contributed by atoms with van der Waals surface area (Å²) in [5.41, 5.74) is 13.1. The van der Waals surface area contributed by atoms with Gasteiger partial charge in [0.2, 0.25) is 0 Å². The van der Waals surface area contributed by atoms with Crippen LogP contribution < -0.4 is 11.5 Å². The Kier molecular flexibility index (Phi) is 4.42. The monoisotopic (exact) mass is 356 g/mol. The maximum absolute atomic E-state index is 12.7. The number of rotatable bonds is 3. The van der Waals surface area contributed by atoms with Crippen LogP contribution in [0.5, 0.6) is 0 Å². The topological polar surface area (TPSA) is 69.1 Å². The first kappa shape index (κ1) is 17.5. The van der Waals surface area contributed by atoms with Crippen molar-refractivity contribution in [3.8, 4) is 11.1 Å². The van der Waals surface area contributed by atoms with Crippen molar-refractivity contribution < 1.29 is 18.0 Å². The molecule has 3 nitrogen and oxygen atoms in total. The molecule has 0 saturated carbocycles. The lowest BCUT2D eigenvalue weighted by Crippen LogP contribution is -2.10. The third-order valence-electron chi connectivity index (χ3n) is 3.99. The van der Waals surface area contributed by atoms with Crippen LogP contribution in [0.3, 0.4) is 0 Å². The van der Waals surface area contributed by atoms with Gasteiger partial charge < -0.3 is 11.5 Å². The van der Waals surface area contributed by atoms with Gasteiger partial charge in [0.1, 0.15) is 0 Å². The van der Waals surface area contributed by atoms with Crippen LogP contribution in [0.2, 0.25) is 0 Å². The van der Waals surface area contributed by atoms with Gasteiger partial charge in [0.05, 0.1) is 5.56 Å². The maximum atomic E-state index is 12.7. The fourth-order valence-corrected chi connectivity index (χ4v) is 2.63. The Bertz CT molecular complexity index is 964. The first-order valence-corrected chi connectivity index (χ1v) is 7.73. The zero-order valence-electron chi connectivity index (χ0n) is 13.5. The molecule has 0 saturated heterocycles. The van der Waals surface area contributed by atoms with Gasteiger partial charge >= 0.3 is 6.18 Å². The number of halogens is 3. The van der Waals surface area contributed by atoms with Crippen LogP contribution in [0.15, 0.2) is 66.7 Å². The van der Waals surface area contributed by atoms with Crippen LogP contribution in [-0.2, 0) is 6.18 Å². The highest BCUT2D eigenvalue weighted by molar-refractivity contribution is 6.12. The van der Waals surface area contributed by atoms with Crippen molar-refractivity contribution >= 4 is 17.2 Å². The summed E-state index contributed by atoms with van der Waals surface area (Å²) >= 11 is 0. The molecule has 0 aliphatic carbocycles. The smallest absolute Gasteiger partial charge is 0.399 e. The molecule has 26 heavy (non-hydrogen) atoms. The second-order valence-corrected chi connectivity index (χ2v) is 5.83. The number of nitrogen functional groups attached to an aromatic ring is 2. The Morgan fingerprint density at radius 2 is 1.50 bits per heavy atom. The fourth-order valence-electron chi connectivity index (χ4n) is 2.63. The Morgan fingerprint density at radius 3 is 2.08 bits per heavy atom. The molecule has 4 N–H and O–H groups in total. The highest BCUT2D eigenvalue weighted by atomic mass is 19.4. The summed E-state index contributed by atoms with van der Waals surface area (Å²) in [4.78, 5) is 12.5. The first-order chi connectivity index (χ1) is 12.3. The Morgan fingerprint density at radius 1 is 0.808 bits per heavy atom. The SMILES string of the molecule is Nc1cccc(-c2ccc(C(=O)c3ccc(C(F)(F)F)cc3N)cc2)c1. The van der Waals surface area contributed by atoms with Crippen LogP contribution in [0.25, 0.3) is 11.1 Å². The molecule has 0 aromatic heterocycles. The molecular formula is C20H15F3N2O. The molecular weight excluding hydrogens is 341 g/mol. The highest BCUT2D eigenvalue weighted by Crippen LogP contribution is 2.32. The quantitative estimate of drug-likeness (QED) is 0.525. The van der Waals surface area contributed by atoms with E-state index in [4.69, 9.17) is 11.5 Å². The lowest BCUT2D eigenvalue weighted by molar-refractivity contribution is -0.137. The molecule has 3 rings (SSSR count). The molecule has 0 aliphatic rings. The van der Waals surface area contributed by atoms with Gasteiger partial charge in [-0.05, 0) is 41.5 Å². The molecule has 0 radical (unpaired) electrons. The summed E-state index contributed by atoms with van der Waals surface area (Å²) in [6, 6.07) is 16.7. The fraction of sp³-hybridized carbons (Fsp3) is 0.0500. The van der Waals surface area contributed by atoms with Gasteiger partial charge in [0, 0.05) is 22.5 Å². The minimum Gasteiger partial charge on any atom is -0.399 e. The van der Waals surface area contributed by atoms with Crippen molar-refractivity contribution in [3.05, 3.63) is 83.4 Å². The average Bonchev–Trinajstić information content (AvgIpc) is 2.60. The van der Waals surface area contributed by atoms with Gasteiger partial charge in [-0.1, -0.05) is 36.4 Å². The van der Waals surface area contributed by atoms with Gasteiger partial charge in [0.15, 0.2) is 5.78 Å². The van der Waals surface area contributed by atoms with E-state index < -0.39 is 17.5 Å². The molecule has 0 fully saturated rings. The van der Waals surface area contributed by atoms with Crippen LogP contribution in [0.1, 0.15) is 21.5 Å². The lowest BCUT2D eigenvalue weighted by Gasteiger charge is -2.11. The van der Waals surface area contributed by atoms with Gasteiger partial charge in [-0.25, -0.2) is 0 Å². The van der Waals surface area contributed by atoms with Crippen molar-refractivity contribution in [2.24, 2.45) is 0 Å². The third-order valence-corrected chi connectivity index (χ3v) is 3.99. The Balaban J connectivity index is 1.89. The van der Waals surface area contributed by atoms with E-state index in [1.165, 1.54) is 0 Å². The molecule has 3 aromatic rings. The second kappa shape index (κ2) is 6.55. The van der Waals surface area contributed by atoms with E-state index in [-0.39, 0.29) is 11.3 Å². The summed E-state index contributed by atoms with van der Waals surface area (Å²) in [7, 11) is 0. The van der Waals surface area contributed by atoms with Gasteiger partial charge in [-0.3, -0.25) is 4.79 Å². The van der Waals surface area contributed by atoms with E-state index in [0.29, 0.717) is 11.3 Å². The molecule has 6 heteroatoms. The van der Waals surface area contributed by atoms with Gasteiger partial charge in [-0.15, -0.1) is 0 Å². The minimum atomic E-state index is -4.51. The molecule has 0 atom stereocenters. The third kappa shape index (κ3) is 3.54. The standard InChI is InChI=1S/C20H15F3N2O/c21-20(22,23)15-8-9-17(18(25)11-15)19(26)13-6-4-12(5-7-13)14-2-1-3-16(24)10-14/h1-11H,24-25H2. The molecule has 0 amide bonds. The zero-order chi connectivity index (χ0) is 18.9. The van der Waals surface area contributed by atoms with Crippen LogP contribution in [0.4, 0.5) is 24.5 Å². The molecule has 0 unspecified atom stereocenters. The van der Waals surface area contributed by atoms with Crippen molar-refractivity contribution in [2.75, 3.05) is 11.5 Å². The summed E-state index contributed by atoms with van der Waals surface area (Å²) in [5.74, 6) is -0.435. The van der Waals surface area contributed by atoms with E-state index in [9.17, 15) is 18.0 Å². The summed E-state index contributed by atoms with van der Waals surface area (Å²) < 4.78 is 38.1. The van der Waals surface area contributed by atoms with E-state index in [2.05, 4.69) is 0 Å². The first-order valence-electron chi connectivity index (χ1n) is 7.73. The van der Waals surface area contributed by atoms with Crippen molar-refractivity contribution in [1.82, 2.24) is 0 Å². The molecule has 0 bridgehead atoms. The molecule has 132 valence electrons. The number of anilines is 2. The van der Waals surface area contributed by atoms with Crippen LogP contribution in [-0.4, -0.2) is 5.78 Å². The average molecular weight is 356 g/mol. The van der Waals surface area contributed by atoms with Crippen molar-refractivity contribution in [1.29, 1.82) is 0 Å². The number of carbonyl (C=O) groups is 1. The molecule has 0 spiro atoms. The number of benzene rings is 3. The van der Waals surface area contributed by atoms with E-state index >= 15 is 0 Å². The Hall–Kier alpha value is -3.28. The predicted octanol–water partition coefficient (Wildman–Crippen LogP) is 4.77. The largest absolute Gasteiger partial charge is 0.416 e. The summed E-state index contributed by atoms with van der Waals surface area (Å²) in [6.07, 6.45) is -4.51. The van der Waals surface area contributed by atoms with E-state index in [0.717, 1.165) is 29.3 Å². The van der Waals surface area contributed by atoms with Crippen molar-refractivity contribution in [3.63, 3.8) is 0 Å². The molecule has 0 heterocycles. The maximum Gasteiger partial charge on any atom is 0.416 e. The number of ketones is 1. The van der Waals surface area contributed by atoms with Crippen molar-refractivity contribution in [2.45, 2.75) is 6.18 Å². The van der Waals surface area contributed by atoms with Crippen LogP contribution in [0, 0.1) is 0 Å². The number of hydrogen-bond donors (Lipinski definition) is 2. The second-order valence-electron chi connectivity index (χ2n) is 5.83. The van der Waals surface area contributed by atoms with Gasteiger partial charge in [-0.2, -0.15) is 13.2 Å². The minimum absolute atomic E-state index is 0.0368. The number of hydrogen-bond acceptors (Lipinski definition) is 3. The van der Waals surface area contributed by atoms with E-state index in [1.807, 2.05) is 18.2 Å². The molecule has 0 aliphatic heterocycles. The number of carbonyl (C=O) groups excluding carboxylic acids is 1. The number of nitrogens with two attached hydrogens (primary N) is 2. The molecule has 3 aromatic carbocycles. The summed E-state index contributed by atoms with van der Waals surface area (Å²) in [5, 5.41) is 0. The predicted molar refractivity (Wildman–Crippen MR) is 95.6 cm³/mol. The van der Waals surface area contributed by atoms with E-state index in [1.54, 1.807) is 30.3 Å². The zero-order valence-corrected chi connectivity index (χ0v) is 13.5.